The van der Waals surface area contributed by atoms with E-state index >= 15 is 0 Å². The number of nitrogens with zero attached hydrogens (tertiary/aromatic N) is 3. The quantitative estimate of drug-likeness (QED) is 0.854. The van der Waals surface area contributed by atoms with Gasteiger partial charge < -0.3 is 5.32 Å². The fraction of sp³-hybridized carbons (Fsp3) is 0.462. The second-order valence-corrected chi connectivity index (χ2v) is 4.39. The van der Waals surface area contributed by atoms with Gasteiger partial charge in [0.1, 0.15) is 5.69 Å². The molecule has 0 aliphatic carbocycles. The molecule has 0 saturated heterocycles. The monoisotopic (exact) mass is 261 g/mol. The van der Waals surface area contributed by atoms with E-state index in [1.165, 1.54) is 0 Å². The average Bonchev–Trinajstić information content (AvgIpc) is 3.01. The predicted molar refractivity (Wildman–Crippen MR) is 71.8 cm³/mol. The number of nitrogens with one attached hydrogen (secondary N) is 2. The molecule has 0 fully saturated rings. The van der Waals surface area contributed by atoms with Crippen molar-refractivity contribution in [3.05, 3.63) is 34.9 Å². The summed E-state index contributed by atoms with van der Waals surface area (Å²) < 4.78 is 1.73. The topological polar surface area (TPSA) is 75.6 Å². The largest absolute Gasteiger partial charge is 0.347 e. The van der Waals surface area contributed by atoms with Crippen molar-refractivity contribution in [3.8, 4) is 0 Å². The molecule has 0 aliphatic rings. The van der Waals surface area contributed by atoms with Crippen LogP contribution in [0.2, 0.25) is 0 Å². The number of carbonyl (C=O) groups excluding carboxylic acids is 1. The van der Waals surface area contributed by atoms with Gasteiger partial charge >= 0.3 is 0 Å². The Morgan fingerprint density at radius 2 is 2.26 bits per heavy atom. The van der Waals surface area contributed by atoms with Gasteiger partial charge in [-0.1, -0.05) is 6.92 Å². The summed E-state index contributed by atoms with van der Waals surface area (Å²) in [6.07, 6.45) is 2.55. The summed E-state index contributed by atoms with van der Waals surface area (Å²) in [5.41, 5.74) is 3.51. The van der Waals surface area contributed by atoms with E-state index in [4.69, 9.17) is 0 Å². The number of H-pyrrole nitrogens is 1. The van der Waals surface area contributed by atoms with Crippen molar-refractivity contribution in [3.63, 3.8) is 0 Å². The molecule has 0 saturated carbocycles. The van der Waals surface area contributed by atoms with E-state index in [-0.39, 0.29) is 5.91 Å². The molecule has 1 amide bonds. The van der Waals surface area contributed by atoms with Crippen LogP contribution in [0.25, 0.3) is 0 Å². The van der Waals surface area contributed by atoms with Crippen LogP contribution in [-0.4, -0.2) is 25.9 Å². The number of aromatic nitrogens is 4. The molecule has 19 heavy (non-hydrogen) atoms. The Bertz CT molecular complexity index is 569. The van der Waals surface area contributed by atoms with Crippen LogP contribution in [0.3, 0.4) is 0 Å². The number of amides is 1. The molecule has 2 aromatic heterocycles. The number of carbonyl (C=O) groups is 1. The zero-order valence-electron chi connectivity index (χ0n) is 11.5. The summed E-state index contributed by atoms with van der Waals surface area (Å²) in [7, 11) is 0. The molecule has 0 bridgehead atoms. The average molecular weight is 261 g/mol. The Morgan fingerprint density at radius 3 is 2.84 bits per heavy atom. The van der Waals surface area contributed by atoms with Crippen molar-refractivity contribution in [2.75, 3.05) is 0 Å². The Morgan fingerprint density at radius 1 is 1.47 bits per heavy atom. The van der Waals surface area contributed by atoms with Crippen molar-refractivity contribution in [1.29, 1.82) is 0 Å². The summed E-state index contributed by atoms with van der Waals surface area (Å²) in [6, 6.07) is 1.85. The van der Waals surface area contributed by atoms with Gasteiger partial charge in [0.15, 0.2) is 0 Å². The maximum Gasteiger partial charge on any atom is 0.269 e. The lowest BCUT2D eigenvalue weighted by Crippen LogP contribution is -2.25. The second-order valence-electron chi connectivity index (χ2n) is 4.39. The Labute approximate surface area is 112 Å². The van der Waals surface area contributed by atoms with Crippen LogP contribution >= 0.6 is 0 Å². The van der Waals surface area contributed by atoms with Gasteiger partial charge in [0.2, 0.25) is 0 Å². The van der Waals surface area contributed by atoms with Crippen LogP contribution < -0.4 is 5.32 Å². The number of hydrogen-bond donors (Lipinski definition) is 2. The summed E-state index contributed by atoms with van der Waals surface area (Å²) >= 11 is 0. The van der Waals surface area contributed by atoms with Crippen molar-refractivity contribution in [2.45, 2.75) is 40.3 Å². The minimum atomic E-state index is -0.102. The van der Waals surface area contributed by atoms with E-state index in [0.717, 1.165) is 23.4 Å². The highest BCUT2D eigenvalue weighted by Crippen LogP contribution is 2.07. The van der Waals surface area contributed by atoms with E-state index in [0.29, 0.717) is 18.8 Å². The van der Waals surface area contributed by atoms with Crippen molar-refractivity contribution in [2.24, 2.45) is 0 Å². The lowest BCUT2D eigenvalue weighted by atomic mass is 10.2. The highest BCUT2D eigenvalue weighted by molar-refractivity contribution is 5.92. The predicted octanol–water partition coefficient (Wildman–Crippen LogP) is 1.43. The Hall–Kier alpha value is -2.11. The van der Waals surface area contributed by atoms with Crippen LogP contribution in [0.15, 0.2) is 12.3 Å². The molecular weight excluding hydrogens is 242 g/mol. The maximum absolute atomic E-state index is 12.2. The summed E-state index contributed by atoms with van der Waals surface area (Å²) in [4.78, 5) is 12.2. The van der Waals surface area contributed by atoms with Gasteiger partial charge in [-0.15, -0.1) is 0 Å². The van der Waals surface area contributed by atoms with Gasteiger partial charge in [-0.05, 0) is 26.3 Å². The molecule has 0 spiro atoms. The SMILES string of the molecule is CCc1cc(C(=O)NCc2cn[nH]c2C)n(CC)n1. The Balaban J connectivity index is 2.07. The third kappa shape index (κ3) is 2.83. The van der Waals surface area contributed by atoms with Crippen LogP contribution in [0.1, 0.15) is 41.3 Å². The highest BCUT2D eigenvalue weighted by Gasteiger charge is 2.14. The van der Waals surface area contributed by atoms with Gasteiger partial charge in [-0.3, -0.25) is 14.6 Å². The first-order valence-corrected chi connectivity index (χ1v) is 6.49. The van der Waals surface area contributed by atoms with Gasteiger partial charge in [0.05, 0.1) is 11.9 Å². The first-order valence-electron chi connectivity index (χ1n) is 6.49. The molecule has 0 atom stereocenters. The fourth-order valence-electron chi connectivity index (χ4n) is 1.89. The number of hydrogen-bond acceptors (Lipinski definition) is 3. The lowest BCUT2D eigenvalue weighted by Gasteiger charge is -2.06. The molecule has 0 aromatic carbocycles. The summed E-state index contributed by atoms with van der Waals surface area (Å²) in [5.74, 6) is -0.102. The lowest BCUT2D eigenvalue weighted by molar-refractivity contribution is 0.0940. The first-order chi connectivity index (χ1) is 9.15. The molecule has 2 aromatic rings. The molecular formula is C13H19N5O. The van der Waals surface area contributed by atoms with Crippen molar-refractivity contribution >= 4 is 5.91 Å². The molecule has 6 nitrogen and oxygen atoms in total. The van der Waals surface area contributed by atoms with Gasteiger partial charge in [-0.2, -0.15) is 10.2 Å². The zero-order valence-corrected chi connectivity index (χ0v) is 11.5. The minimum absolute atomic E-state index is 0.102. The normalized spacial score (nSPS) is 10.7. The number of aromatic amines is 1. The van der Waals surface area contributed by atoms with Gasteiger partial charge in [-0.25, -0.2) is 0 Å². The minimum Gasteiger partial charge on any atom is -0.347 e. The summed E-state index contributed by atoms with van der Waals surface area (Å²) in [5, 5.41) is 14.0. The molecule has 0 aliphatic heterocycles. The molecule has 0 unspecified atom stereocenters. The molecule has 102 valence electrons. The third-order valence-corrected chi connectivity index (χ3v) is 3.10. The number of rotatable bonds is 5. The Kier molecular flexibility index (Phi) is 3.99. The maximum atomic E-state index is 12.2. The smallest absolute Gasteiger partial charge is 0.269 e. The third-order valence-electron chi connectivity index (χ3n) is 3.10. The molecule has 0 radical (unpaired) electrons. The first kappa shape index (κ1) is 13.3. The number of aryl methyl sites for hydroxylation is 3. The van der Waals surface area contributed by atoms with Gasteiger partial charge in [0, 0.05) is 24.3 Å². The van der Waals surface area contributed by atoms with E-state index in [1.54, 1.807) is 10.9 Å². The molecule has 6 heteroatoms. The van der Waals surface area contributed by atoms with Crippen LogP contribution in [-0.2, 0) is 19.5 Å². The standard InChI is InChI=1S/C13H19N5O/c1-4-11-6-12(18(5-2)17-11)13(19)14-7-10-8-15-16-9(10)3/h6,8H,4-5,7H2,1-3H3,(H,14,19)(H,15,16). The van der Waals surface area contributed by atoms with Crippen molar-refractivity contribution < 1.29 is 4.79 Å². The van der Waals surface area contributed by atoms with E-state index in [9.17, 15) is 4.79 Å². The van der Waals surface area contributed by atoms with Gasteiger partial charge in [0.25, 0.3) is 5.91 Å². The van der Waals surface area contributed by atoms with E-state index < -0.39 is 0 Å². The fourth-order valence-corrected chi connectivity index (χ4v) is 1.89. The molecule has 2 heterocycles. The van der Waals surface area contributed by atoms with Crippen molar-refractivity contribution in [1.82, 2.24) is 25.3 Å². The van der Waals surface area contributed by atoms with Crippen LogP contribution in [0.5, 0.6) is 0 Å². The van der Waals surface area contributed by atoms with E-state index in [1.807, 2.05) is 26.8 Å². The summed E-state index contributed by atoms with van der Waals surface area (Å²) in [6.45, 7) is 7.09. The second kappa shape index (κ2) is 5.69. The van der Waals surface area contributed by atoms with Crippen LogP contribution in [0.4, 0.5) is 0 Å². The van der Waals surface area contributed by atoms with Crippen LogP contribution in [0, 0.1) is 6.92 Å². The highest BCUT2D eigenvalue weighted by atomic mass is 16.2. The van der Waals surface area contributed by atoms with E-state index in [2.05, 4.69) is 20.6 Å². The molecule has 2 rings (SSSR count). The molecule has 2 N–H and O–H groups in total. The zero-order chi connectivity index (χ0) is 13.8.